The highest BCUT2D eigenvalue weighted by Crippen LogP contribution is 2.46. The lowest BCUT2D eigenvalue weighted by Crippen LogP contribution is -2.55. The molecular weight excluding hydrogens is 658 g/mol. The summed E-state index contributed by atoms with van der Waals surface area (Å²) < 4.78 is 37.4. The molecule has 5 rings (SSSR count). The van der Waals surface area contributed by atoms with Crippen LogP contribution in [0.3, 0.4) is 0 Å². The molecule has 0 unspecified atom stereocenters. The Morgan fingerprint density at radius 1 is 1.06 bits per heavy atom. The van der Waals surface area contributed by atoms with E-state index in [4.69, 9.17) is 9.47 Å². The molecule has 2 amide bonds. The van der Waals surface area contributed by atoms with Gasteiger partial charge >= 0.3 is 5.97 Å². The van der Waals surface area contributed by atoms with Crippen molar-refractivity contribution in [2.45, 2.75) is 102 Å². The largest absolute Gasteiger partial charge is 0.487 e. The number of carbonyl (C=O) groups is 4. The first-order valence-corrected chi connectivity index (χ1v) is 18.9. The van der Waals surface area contributed by atoms with Crippen molar-refractivity contribution in [2.75, 3.05) is 12.3 Å². The second-order valence-corrected chi connectivity index (χ2v) is 18.2. The quantitative estimate of drug-likeness (QED) is 0.231. The average molecular weight is 708 g/mol. The minimum absolute atomic E-state index is 0.0370. The van der Waals surface area contributed by atoms with Crippen LogP contribution in [0.15, 0.2) is 61.4 Å². The summed E-state index contributed by atoms with van der Waals surface area (Å²) in [5, 5.41) is 2.35. The number of likely N-dealkylation sites (tertiary alicyclic amines) is 1. The molecule has 1 aliphatic heterocycles. The van der Waals surface area contributed by atoms with Crippen LogP contribution in [0.1, 0.15) is 73.6 Å². The number of nitrogens with one attached hydrogen (secondary N) is 1. The number of carbonyl (C=O) groups excluding carboxylic acids is 4. The molecule has 0 spiro atoms. The molecule has 1 aromatic carbocycles. The lowest BCUT2D eigenvalue weighted by molar-refractivity contribution is -0.161. The Balaban J connectivity index is 1.42. The summed E-state index contributed by atoms with van der Waals surface area (Å²) in [4.78, 5) is 61.0. The molecule has 1 saturated heterocycles. The van der Waals surface area contributed by atoms with Gasteiger partial charge in [-0.15, -0.1) is 6.58 Å². The van der Waals surface area contributed by atoms with Gasteiger partial charge in [-0.05, 0) is 57.1 Å². The topological polar surface area (TPSA) is 149 Å². The van der Waals surface area contributed by atoms with Gasteiger partial charge in [0.1, 0.15) is 34.8 Å². The van der Waals surface area contributed by atoms with Gasteiger partial charge in [0, 0.05) is 24.1 Å². The number of nitrogens with zero attached hydrogens (tertiary/aromatic N) is 2. The van der Waals surface area contributed by atoms with Crippen molar-refractivity contribution in [1.82, 2.24) is 15.2 Å². The standard InChI is InChI=1S/C38H49N3O8S/c1-8-26-19-38(26,32(42)23-50(46,47)29-14-15-29)40-34(44)31-17-28(48-27-16-25(20-39-21-27)24-12-10-9-11-13-24)22-41(31)35(45)30(36(2,3)4)18-33(43)49-37(5,6)7/h8-13,16,20-21,26,28-31H,1,14-15,17-19,22-23H2,2-7H3,(H,40,44)/t26-,28-,30-,31+,38-/m1/s1. The smallest absolute Gasteiger partial charge is 0.307 e. The van der Waals surface area contributed by atoms with Gasteiger partial charge in [-0.3, -0.25) is 24.2 Å². The van der Waals surface area contributed by atoms with E-state index < -0.39 is 84.9 Å². The fourth-order valence-corrected chi connectivity index (χ4v) is 8.33. The number of esters is 1. The van der Waals surface area contributed by atoms with E-state index in [1.54, 1.807) is 39.2 Å². The van der Waals surface area contributed by atoms with Gasteiger partial charge in [-0.25, -0.2) is 8.42 Å². The number of pyridine rings is 1. The third kappa shape index (κ3) is 8.62. The zero-order chi connectivity index (χ0) is 36.6. The maximum Gasteiger partial charge on any atom is 0.307 e. The summed E-state index contributed by atoms with van der Waals surface area (Å²) in [6.07, 6.45) is 5.40. The SMILES string of the molecule is C=C[C@@H]1C[C@]1(NC(=O)[C@@H]1C[C@@H](Oc2cncc(-c3ccccc3)c2)CN1C(=O)[C@@H](CC(=O)OC(C)(C)C)C(C)(C)C)C(=O)CS(=O)(=O)C1CC1. The fraction of sp³-hybridized carbons (Fsp3) is 0.553. The predicted molar refractivity (Wildman–Crippen MR) is 189 cm³/mol. The number of sulfone groups is 1. The molecule has 2 saturated carbocycles. The maximum atomic E-state index is 14.5. The third-order valence-corrected chi connectivity index (χ3v) is 11.8. The molecule has 50 heavy (non-hydrogen) atoms. The molecule has 11 nitrogen and oxygen atoms in total. The summed E-state index contributed by atoms with van der Waals surface area (Å²) in [5.41, 5.74) is -1.07. The number of ether oxygens (including phenoxy) is 2. The van der Waals surface area contributed by atoms with E-state index in [2.05, 4.69) is 16.9 Å². The van der Waals surface area contributed by atoms with Crippen LogP contribution in [0.5, 0.6) is 5.75 Å². The van der Waals surface area contributed by atoms with Crippen LogP contribution in [0.4, 0.5) is 0 Å². The summed E-state index contributed by atoms with van der Waals surface area (Å²) in [6, 6.07) is 10.5. The van der Waals surface area contributed by atoms with E-state index >= 15 is 0 Å². The highest BCUT2D eigenvalue weighted by molar-refractivity contribution is 7.93. The zero-order valence-corrected chi connectivity index (χ0v) is 30.6. The number of hydrogen-bond acceptors (Lipinski definition) is 9. The predicted octanol–water partition coefficient (Wildman–Crippen LogP) is 4.70. The number of amides is 2. The Morgan fingerprint density at radius 3 is 2.32 bits per heavy atom. The molecule has 5 atom stereocenters. The minimum Gasteiger partial charge on any atom is -0.487 e. The molecule has 2 heterocycles. The summed E-state index contributed by atoms with van der Waals surface area (Å²) in [5.74, 6) is -3.60. The molecule has 1 aromatic heterocycles. The number of aromatic nitrogens is 1. The van der Waals surface area contributed by atoms with Crippen LogP contribution < -0.4 is 10.1 Å². The zero-order valence-electron chi connectivity index (χ0n) is 29.8. The first-order valence-electron chi connectivity index (χ1n) is 17.2. The first-order chi connectivity index (χ1) is 23.3. The summed E-state index contributed by atoms with van der Waals surface area (Å²) in [7, 11) is -3.63. The lowest BCUT2D eigenvalue weighted by Gasteiger charge is -2.35. The first kappa shape index (κ1) is 37.2. The normalized spacial score (nSPS) is 24.2. The van der Waals surface area contributed by atoms with Gasteiger partial charge in [-0.2, -0.15) is 0 Å². The number of ketones is 1. The molecule has 12 heteroatoms. The molecule has 2 aromatic rings. The van der Waals surface area contributed by atoms with E-state index in [-0.39, 0.29) is 25.8 Å². The van der Waals surface area contributed by atoms with Gasteiger partial charge in [-0.1, -0.05) is 57.2 Å². The molecule has 1 N–H and O–H groups in total. The number of benzene rings is 1. The number of Topliss-reactive ketones (excluding diaryl/α,β-unsaturated/α-hetero) is 1. The van der Waals surface area contributed by atoms with Crippen molar-refractivity contribution in [3.8, 4) is 16.9 Å². The van der Waals surface area contributed by atoms with Crippen molar-refractivity contribution in [3.63, 3.8) is 0 Å². The minimum atomic E-state index is -3.63. The van der Waals surface area contributed by atoms with E-state index in [1.807, 2.05) is 57.2 Å². The van der Waals surface area contributed by atoms with Gasteiger partial charge in [0.15, 0.2) is 15.6 Å². The monoisotopic (exact) mass is 707 g/mol. The summed E-state index contributed by atoms with van der Waals surface area (Å²) >= 11 is 0. The Morgan fingerprint density at radius 2 is 1.74 bits per heavy atom. The van der Waals surface area contributed by atoms with Crippen LogP contribution in [0, 0.1) is 17.3 Å². The van der Waals surface area contributed by atoms with E-state index in [0.717, 1.165) is 11.1 Å². The highest BCUT2D eigenvalue weighted by Gasteiger charge is 2.61. The maximum absolute atomic E-state index is 14.5. The molecule has 2 aliphatic carbocycles. The van der Waals surface area contributed by atoms with Crippen LogP contribution in [-0.2, 0) is 33.8 Å². The van der Waals surface area contributed by atoms with Gasteiger partial charge in [0.2, 0.25) is 11.8 Å². The fourth-order valence-electron chi connectivity index (χ4n) is 6.62. The Kier molecular flexibility index (Phi) is 10.4. The molecule has 0 bridgehead atoms. The van der Waals surface area contributed by atoms with Crippen molar-refractivity contribution in [3.05, 3.63) is 61.4 Å². The lowest BCUT2D eigenvalue weighted by atomic mass is 9.77. The number of hydrogen-bond donors (Lipinski definition) is 1. The van der Waals surface area contributed by atoms with Crippen molar-refractivity contribution < 1.29 is 37.1 Å². The molecule has 270 valence electrons. The van der Waals surface area contributed by atoms with Crippen LogP contribution in [0.2, 0.25) is 0 Å². The van der Waals surface area contributed by atoms with E-state index in [0.29, 0.717) is 18.6 Å². The van der Waals surface area contributed by atoms with Crippen molar-refractivity contribution in [2.24, 2.45) is 17.3 Å². The van der Waals surface area contributed by atoms with Gasteiger partial charge < -0.3 is 19.7 Å². The third-order valence-electron chi connectivity index (χ3n) is 9.61. The van der Waals surface area contributed by atoms with Crippen molar-refractivity contribution in [1.29, 1.82) is 0 Å². The Bertz CT molecular complexity index is 1740. The summed E-state index contributed by atoms with van der Waals surface area (Å²) in [6.45, 7) is 14.7. The molecule has 3 fully saturated rings. The Hall–Kier alpha value is -4.06. The molecule has 0 radical (unpaired) electrons. The molecular formula is C38H49N3O8S. The van der Waals surface area contributed by atoms with Gasteiger partial charge in [0.25, 0.3) is 0 Å². The van der Waals surface area contributed by atoms with Gasteiger partial charge in [0.05, 0.1) is 30.3 Å². The number of rotatable bonds is 13. The van der Waals surface area contributed by atoms with Crippen LogP contribution >= 0.6 is 0 Å². The van der Waals surface area contributed by atoms with Crippen molar-refractivity contribution >= 4 is 33.4 Å². The highest BCUT2D eigenvalue weighted by atomic mass is 32.2. The Labute approximate surface area is 295 Å². The van der Waals surface area contributed by atoms with Crippen LogP contribution in [-0.4, -0.2) is 82.7 Å². The van der Waals surface area contributed by atoms with E-state index in [9.17, 15) is 27.6 Å². The molecule has 3 aliphatic rings. The average Bonchev–Trinajstić information content (AvgIpc) is 3.96. The second kappa shape index (κ2) is 13.9. The van der Waals surface area contributed by atoms with E-state index in [1.165, 1.54) is 4.90 Å². The van der Waals surface area contributed by atoms with Crippen LogP contribution in [0.25, 0.3) is 11.1 Å². The second-order valence-electron chi connectivity index (χ2n) is 15.9.